The van der Waals surface area contributed by atoms with Crippen molar-refractivity contribution in [2.45, 2.75) is 31.7 Å². The van der Waals surface area contributed by atoms with E-state index in [9.17, 15) is 4.79 Å². The zero-order chi connectivity index (χ0) is 16.1. The first-order valence-electron chi connectivity index (χ1n) is 8.63. The summed E-state index contributed by atoms with van der Waals surface area (Å²) in [7, 11) is 1.69. The van der Waals surface area contributed by atoms with E-state index in [0.717, 1.165) is 49.8 Å². The van der Waals surface area contributed by atoms with Crippen LogP contribution in [0.3, 0.4) is 0 Å². The van der Waals surface area contributed by atoms with Crippen molar-refractivity contribution in [2.75, 3.05) is 38.2 Å². The van der Waals surface area contributed by atoms with Crippen LogP contribution in [0.15, 0.2) is 24.3 Å². The fourth-order valence-electron chi connectivity index (χ4n) is 3.13. The average Bonchev–Trinajstić information content (AvgIpc) is 3.39. The predicted molar refractivity (Wildman–Crippen MR) is 92.0 cm³/mol. The van der Waals surface area contributed by atoms with Crippen LogP contribution in [0.25, 0.3) is 0 Å². The quantitative estimate of drug-likeness (QED) is 0.805. The number of hydrogen-bond acceptors (Lipinski definition) is 4. The van der Waals surface area contributed by atoms with E-state index in [1.165, 1.54) is 12.8 Å². The van der Waals surface area contributed by atoms with Crippen LogP contribution in [0.1, 0.15) is 25.7 Å². The number of nitrogens with zero attached hydrogens (tertiary/aromatic N) is 1. The lowest BCUT2D eigenvalue weighted by molar-refractivity contribution is -0.121. The number of rotatable bonds is 7. The zero-order valence-electron chi connectivity index (χ0n) is 13.9. The van der Waals surface area contributed by atoms with Crippen LogP contribution in [0, 0.1) is 5.92 Å². The number of amides is 1. The summed E-state index contributed by atoms with van der Waals surface area (Å²) in [4.78, 5) is 14.4. The van der Waals surface area contributed by atoms with Gasteiger partial charge in [-0.3, -0.25) is 4.79 Å². The minimum absolute atomic E-state index is 0.114. The van der Waals surface area contributed by atoms with E-state index in [1.807, 2.05) is 12.1 Å². The molecule has 1 heterocycles. The van der Waals surface area contributed by atoms with Crippen LogP contribution in [-0.4, -0.2) is 45.2 Å². The van der Waals surface area contributed by atoms with Gasteiger partial charge in [0.2, 0.25) is 5.91 Å². The molecule has 1 amide bonds. The Kier molecular flexibility index (Phi) is 5.39. The topological polar surface area (TPSA) is 53.6 Å². The van der Waals surface area contributed by atoms with Crippen molar-refractivity contribution < 1.29 is 9.53 Å². The normalized spacial score (nSPS) is 21.1. The van der Waals surface area contributed by atoms with Crippen LogP contribution < -0.4 is 20.3 Å². The molecule has 1 unspecified atom stereocenters. The van der Waals surface area contributed by atoms with E-state index in [0.29, 0.717) is 6.54 Å². The van der Waals surface area contributed by atoms with Gasteiger partial charge in [-0.1, -0.05) is 6.07 Å². The van der Waals surface area contributed by atoms with E-state index >= 15 is 0 Å². The summed E-state index contributed by atoms with van der Waals surface area (Å²) >= 11 is 0. The third kappa shape index (κ3) is 4.86. The molecule has 5 heteroatoms. The van der Waals surface area contributed by atoms with Gasteiger partial charge in [0.1, 0.15) is 5.75 Å². The Hall–Kier alpha value is -1.75. The van der Waals surface area contributed by atoms with Crippen molar-refractivity contribution in [1.82, 2.24) is 10.6 Å². The molecule has 1 aliphatic carbocycles. The summed E-state index contributed by atoms with van der Waals surface area (Å²) in [6.07, 6.45) is 4.77. The van der Waals surface area contributed by atoms with Gasteiger partial charge in [0.15, 0.2) is 0 Å². The summed E-state index contributed by atoms with van der Waals surface area (Å²) in [6.45, 7) is 3.31. The first kappa shape index (κ1) is 16.1. The lowest BCUT2D eigenvalue weighted by Crippen LogP contribution is -2.49. The number of benzene rings is 1. The molecule has 1 saturated carbocycles. The molecule has 3 rings (SSSR count). The highest BCUT2D eigenvalue weighted by Crippen LogP contribution is 2.27. The fourth-order valence-corrected chi connectivity index (χ4v) is 3.13. The number of carbonyl (C=O) groups is 1. The second kappa shape index (κ2) is 7.68. The minimum atomic E-state index is 0.114. The summed E-state index contributed by atoms with van der Waals surface area (Å²) in [6, 6.07) is 8.35. The maximum atomic E-state index is 12.0. The van der Waals surface area contributed by atoms with E-state index < -0.39 is 0 Å². The Balaban J connectivity index is 1.47. The second-order valence-electron chi connectivity index (χ2n) is 6.63. The summed E-state index contributed by atoms with van der Waals surface area (Å²) in [5, 5.41) is 6.42. The molecule has 2 fully saturated rings. The van der Waals surface area contributed by atoms with E-state index in [1.54, 1.807) is 7.11 Å². The van der Waals surface area contributed by atoms with Crippen LogP contribution in [0.4, 0.5) is 5.69 Å². The highest BCUT2D eigenvalue weighted by molar-refractivity contribution is 5.78. The Bertz CT molecular complexity index is 531. The zero-order valence-corrected chi connectivity index (χ0v) is 13.9. The van der Waals surface area contributed by atoms with Crippen LogP contribution in [0.2, 0.25) is 0 Å². The third-order valence-corrected chi connectivity index (χ3v) is 4.62. The van der Waals surface area contributed by atoms with Gasteiger partial charge in [-0.2, -0.15) is 0 Å². The SMILES string of the molecule is COc1cccc(N2CCCC(NC(=O)CNCC3CC3)C2)c1. The van der Waals surface area contributed by atoms with Crippen LogP contribution in [0.5, 0.6) is 5.75 Å². The van der Waals surface area contributed by atoms with Crippen molar-refractivity contribution >= 4 is 11.6 Å². The van der Waals surface area contributed by atoms with E-state index in [4.69, 9.17) is 4.74 Å². The third-order valence-electron chi connectivity index (χ3n) is 4.62. The summed E-state index contributed by atoms with van der Waals surface area (Å²) < 4.78 is 5.30. The van der Waals surface area contributed by atoms with Gasteiger partial charge in [0.25, 0.3) is 0 Å². The lowest BCUT2D eigenvalue weighted by Gasteiger charge is -2.35. The number of piperidine rings is 1. The number of nitrogens with one attached hydrogen (secondary N) is 2. The molecule has 0 radical (unpaired) electrons. The van der Waals surface area contributed by atoms with Gasteiger partial charge in [-0.25, -0.2) is 0 Å². The van der Waals surface area contributed by atoms with Crippen molar-refractivity contribution in [2.24, 2.45) is 5.92 Å². The van der Waals surface area contributed by atoms with Crippen molar-refractivity contribution in [3.63, 3.8) is 0 Å². The van der Waals surface area contributed by atoms with E-state index in [2.05, 4.69) is 27.7 Å². The Labute approximate surface area is 138 Å². The Morgan fingerprint density at radius 2 is 2.22 bits per heavy atom. The number of hydrogen-bond donors (Lipinski definition) is 2. The number of methoxy groups -OCH3 is 1. The molecule has 1 atom stereocenters. The van der Waals surface area contributed by atoms with E-state index in [-0.39, 0.29) is 11.9 Å². The molecule has 0 spiro atoms. The van der Waals surface area contributed by atoms with Gasteiger partial charge in [-0.05, 0) is 50.3 Å². The monoisotopic (exact) mass is 317 g/mol. The number of carbonyl (C=O) groups excluding carboxylic acids is 1. The van der Waals surface area contributed by atoms with Crippen molar-refractivity contribution in [1.29, 1.82) is 0 Å². The van der Waals surface area contributed by atoms with Crippen molar-refractivity contribution in [3.05, 3.63) is 24.3 Å². The molecule has 0 aromatic heterocycles. The summed E-state index contributed by atoms with van der Waals surface area (Å²) in [5.74, 6) is 1.79. The highest BCUT2D eigenvalue weighted by Gasteiger charge is 2.23. The molecular formula is C18H27N3O2. The van der Waals surface area contributed by atoms with Gasteiger partial charge in [0, 0.05) is 30.9 Å². The van der Waals surface area contributed by atoms with Crippen molar-refractivity contribution in [3.8, 4) is 5.75 Å². The largest absolute Gasteiger partial charge is 0.497 e. The van der Waals surface area contributed by atoms with Gasteiger partial charge in [0.05, 0.1) is 13.7 Å². The maximum Gasteiger partial charge on any atom is 0.234 e. The average molecular weight is 317 g/mol. The maximum absolute atomic E-state index is 12.0. The Morgan fingerprint density at radius 1 is 1.35 bits per heavy atom. The van der Waals surface area contributed by atoms with Gasteiger partial charge >= 0.3 is 0 Å². The van der Waals surface area contributed by atoms with Gasteiger partial charge in [-0.15, -0.1) is 0 Å². The molecule has 1 aromatic carbocycles. The van der Waals surface area contributed by atoms with Crippen LogP contribution >= 0.6 is 0 Å². The molecule has 1 saturated heterocycles. The second-order valence-corrected chi connectivity index (χ2v) is 6.63. The summed E-state index contributed by atoms with van der Waals surface area (Å²) in [5.41, 5.74) is 1.16. The molecule has 2 aliphatic rings. The molecule has 1 aliphatic heterocycles. The number of anilines is 1. The number of ether oxygens (including phenoxy) is 1. The predicted octanol–water partition coefficient (Wildman–Crippen LogP) is 1.78. The van der Waals surface area contributed by atoms with Crippen LogP contribution in [-0.2, 0) is 4.79 Å². The first-order valence-corrected chi connectivity index (χ1v) is 8.63. The fraction of sp³-hybridized carbons (Fsp3) is 0.611. The molecule has 1 aromatic rings. The molecule has 126 valence electrons. The molecule has 0 bridgehead atoms. The highest BCUT2D eigenvalue weighted by atomic mass is 16.5. The lowest BCUT2D eigenvalue weighted by atomic mass is 10.0. The standard InChI is InChI=1S/C18H27N3O2/c1-23-17-6-2-5-16(10-17)21-9-3-4-15(13-21)20-18(22)12-19-11-14-7-8-14/h2,5-6,10,14-15,19H,3-4,7-9,11-13H2,1H3,(H,20,22). The molecule has 2 N–H and O–H groups in total. The minimum Gasteiger partial charge on any atom is -0.497 e. The molecular weight excluding hydrogens is 290 g/mol. The Morgan fingerprint density at radius 3 is 3.00 bits per heavy atom. The van der Waals surface area contributed by atoms with Gasteiger partial charge < -0.3 is 20.3 Å². The molecule has 23 heavy (non-hydrogen) atoms. The molecule has 5 nitrogen and oxygen atoms in total. The first-order chi connectivity index (χ1) is 11.2. The smallest absolute Gasteiger partial charge is 0.234 e.